The molecule has 0 heterocycles. The van der Waals surface area contributed by atoms with Crippen LogP contribution in [-0.4, -0.2) is 18.5 Å². The lowest BCUT2D eigenvalue weighted by Crippen LogP contribution is -2.14. The molecule has 0 aromatic rings. The fraction of sp³-hybridized carbons (Fsp3) is 1.00. The Labute approximate surface area is 104 Å². The van der Waals surface area contributed by atoms with Crippen molar-refractivity contribution < 1.29 is 0 Å². The third-order valence-electron chi connectivity index (χ3n) is 5.51. The van der Waals surface area contributed by atoms with Gasteiger partial charge >= 0.3 is 0 Å². The molecule has 0 amide bonds. The van der Waals surface area contributed by atoms with Gasteiger partial charge in [-0.05, 0) is 54.5 Å². The van der Waals surface area contributed by atoms with E-state index in [9.17, 15) is 0 Å². The average molecular weight is 242 g/mol. The SMILES string of the molecule is CCP(CC)CCC1C(C)C(C)C(C)C1C. The van der Waals surface area contributed by atoms with Crippen LogP contribution in [0, 0.1) is 29.6 Å². The molecule has 0 aromatic heterocycles. The zero-order valence-electron chi connectivity index (χ0n) is 12.2. The van der Waals surface area contributed by atoms with Gasteiger partial charge in [0.2, 0.25) is 0 Å². The lowest BCUT2D eigenvalue weighted by atomic mass is 9.87. The minimum Gasteiger partial charge on any atom is -0.107 e. The van der Waals surface area contributed by atoms with Gasteiger partial charge in [-0.3, -0.25) is 0 Å². The van der Waals surface area contributed by atoms with E-state index in [1.807, 2.05) is 0 Å². The summed E-state index contributed by atoms with van der Waals surface area (Å²) < 4.78 is 0. The van der Waals surface area contributed by atoms with E-state index in [-0.39, 0.29) is 0 Å². The molecule has 0 saturated heterocycles. The summed E-state index contributed by atoms with van der Waals surface area (Å²) >= 11 is 0. The molecule has 0 aromatic carbocycles. The Morgan fingerprint density at radius 2 is 1.19 bits per heavy atom. The second-order valence-corrected chi connectivity index (χ2v) is 8.97. The summed E-state index contributed by atoms with van der Waals surface area (Å²) in [5.41, 5.74) is 0. The van der Waals surface area contributed by atoms with E-state index in [0.717, 1.165) is 29.6 Å². The highest BCUT2D eigenvalue weighted by atomic mass is 31.1. The first kappa shape index (κ1) is 14.5. The molecule has 1 saturated carbocycles. The summed E-state index contributed by atoms with van der Waals surface area (Å²) in [4.78, 5) is 0. The van der Waals surface area contributed by atoms with E-state index in [1.165, 1.54) is 24.9 Å². The van der Waals surface area contributed by atoms with Gasteiger partial charge in [0.05, 0.1) is 0 Å². The largest absolute Gasteiger partial charge is 0.107 e. The van der Waals surface area contributed by atoms with E-state index < -0.39 is 0 Å². The van der Waals surface area contributed by atoms with Crippen molar-refractivity contribution >= 4 is 7.92 Å². The predicted molar refractivity (Wildman–Crippen MR) is 77.6 cm³/mol. The Morgan fingerprint density at radius 3 is 1.56 bits per heavy atom. The molecule has 0 N–H and O–H groups in total. The first-order valence-electron chi connectivity index (χ1n) is 7.25. The van der Waals surface area contributed by atoms with Gasteiger partial charge in [-0.15, -0.1) is 7.92 Å². The maximum atomic E-state index is 2.50. The van der Waals surface area contributed by atoms with Gasteiger partial charge in [-0.25, -0.2) is 0 Å². The lowest BCUT2D eigenvalue weighted by molar-refractivity contribution is 0.312. The van der Waals surface area contributed by atoms with Gasteiger partial charge in [0.1, 0.15) is 0 Å². The molecule has 1 rings (SSSR count). The molecule has 0 radical (unpaired) electrons. The van der Waals surface area contributed by atoms with Crippen molar-refractivity contribution in [1.29, 1.82) is 0 Å². The van der Waals surface area contributed by atoms with Crippen LogP contribution in [0.4, 0.5) is 0 Å². The summed E-state index contributed by atoms with van der Waals surface area (Å²) in [7, 11) is 0.361. The van der Waals surface area contributed by atoms with Crippen molar-refractivity contribution in [2.75, 3.05) is 18.5 Å². The molecule has 4 unspecified atom stereocenters. The number of hydrogen-bond donors (Lipinski definition) is 0. The normalized spacial score (nSPS) is 39.6. The van der Waals surface area contributed by atoms with Gasteiger partial charge in [0.25, 0.3) is 0 Å². The summed E-state index contributed by atoms with van der Waals surface area (Å²) in [5.74, 6) is 4.79. The molecule has 1 fully saturated rings. The van der Waals surface area contributed by atoms with Crippen molar-refractivity contribution in [2.24, 2.45) is 29.6 Å². The number of rotatable bonds is 5. The van der Waals surface area contributed by atoms with Crippen LogP contribution >= 0.6 is 7.92 Å². The fourth-order valence-corrected chi connectivity index (χ4v) is 5.36. The van der Waals surface area contributed by atoms with Crippen LogP contribution < -0.4 is 0 Å². The highest BCUT2D eigenvalue weighted by Gasteiger charge is 2.40. The Morgan fingerprint density at radius 1 is 0.750 bits per heavy atom. The maximum Gasteiger partial charge on any atom is -0.0323 e. The molecule has 96 valence electrons. The zero-order chi connectivity index (χ0) is 12.3. The molecular weight excluding hydrogens is 211 g/mol. The van der Waals surface area contributed by atoms with Crippen LogP contribution in [0.1, 0.15) is 48.0 Å². The van der Waals surface area contributed by atoms with Crippen LogP contribution in [0.3, 0.4) is 0 Å². The van der Waals surface area contributed by atoms with Crippen molar-refractivity contribution in [3.63, 3.8) is 0 Å². The van der Waals surface area contributed by atoms with E-state index in [1.54, 1.807) is 0 Å². The van der Waals surface area contributed by atoms with E-state index >= 15 is 0 Å². The summed E-state index contributed by atoms with van der Waals surface area (Å²) in [5, 5.41) is 0. The van der Waals surface area contributed by atoms with E-state index in [4.69, 9.17) is 0 Å². The van der Waals surface area contributed by atoms with Crippen LogP contribution in [-0.2, 0) is 0 Å². The average Bonchev–Trinajstić information content (AvgIpc) is 2.47. The molecule has 1 heteroatoms. The molecule has 4 atom stereocenters. The standard InChI is InChI=1S/C15H31P/c1-7-16(8-2)10-9-15-13(5)11(3)12(4)14(15)6/h11-15H,7-10H2,1-6H3. The molecule has 0 aliphatic heterocycles. The molecule has 0 nitrogen and oxygen atoms in total. The number of hydrogen-bond acceptors (Lipinski definition) is 0. The third kappa shape index (κ3) is 3.00. The van der Waals surface area contributed by atoms with Gasteiger partial charge in [-0.1, -0.05) is 41.5 Å². The minimum absolute atomic E-state index is 0.361. The summed E-state index contributed by atoms with van der Waals surface area (Å²) in [6, 6.07) is 0. The van der Waals surface area contributed by atoms with Crippen LogP contribution in [0.5, 0.6) is 0 Å². The second kappa shape index (κ2) is 6.39. The molecule has 0 bridgehead atoms. The topological polar surface area (TPSA) is 0 Å². The van der Waals surface area contributed by atoms with Crippen molar-refractivity contribution in [2.45, 2.75) is 48.0 Å². The minimum atomic E-state index is 0.361. The first-order chi connectivity index (χ1) is 7.52. The molecule has 16 heavy (non-hydrogen) atoms. The predicted octanol–water partition coefficient (Wildman–Crippen LogP) is 5.07. The maximum absolute atomic E-state index is 2.50. The molecule has 1 aliphatic carbocycles. The van der Waals surface area contributed by atoms with Gasteiger partial charge in [0, 0.05) is 0 Å². The Bertz CT molecular complexity index is 184. The van der Waals surface area contributed by atoms with Crippen LogP contribution in [0.15, 0.2) is 0 Å². The fourth-order valence-electron chi connectivity index (χ4n) is 3.61. The smallest absolute Gasteiger partial charge is 0.0323 e. The quantitative estimate of drug-likeness (QED) is 0.590. The summed E-state index contributed by atoms with van der Waals surface area (Å²) in [6.07, 6.45) is 5.91. The monoisotopic (exact) mass is 242 g/mol. The second-order valence-electron chi connectivity index (χ2n) is 5.92. The molecule has 0 spiro atoms. The lowest BCUT2D eigenvalue weighted by Gasteiger charge is -2.23. The van der Waals surface area contributed by atoms with Gasteiger partial charge < -0.3 is 0 Å². The highest BCUT2D eigenvalue weighted by molar-refractivity contribution is 7.57. The van der Waals surface area contributed by atoms with E-state index in [2.05, 4.69) is 41.5 Å². The van der Waals surface area contributed by atoms with Crippen molar-refractivity contribution in [1.82, 2.24) is 0 Å². The third-order valence-corrected chi connectivity index (χ3v) is 8.19. The van der Waals surface area contributed by atoms with E-state index in [0.29, 0.717) is 7.92 Å². The van der Waals surface area contributed by atoms with Crippen molar-refractivity contribution in [3.8, 4) is 0 Å². The Hall–Kier alpha value is 0.430. The Kier molecular flexibility index (Phi) is 5.78. The zero-order valence-corrected chi connectivity index (χ0v) is 13.1. The first-order valence-corrected chi connectivity index (χ1v) is 9.14. The Balaban J connectivity index is 2.48. The van der Waals surface area contributed by atoms with Crippen LogP contribution in [0.2, 0.25) is 0 Å². The molecular formula is C15H31P. The highest BCUT2D eigenvalue weighted by Crippen LogP contribution is 2.48. The van der Waals surface area contributed by atoms with Crippen molar-refractivity contribution in [3.05, 3.63) is 0 Å². The van der Waals surface area contributed by atoms with Gasteiger partial charge in [0.15, 0.2) is 0 Å². The summed E-state index contributed by atoms with van der Waals surface area (Å²) in [6.45, 7) is 14.7. The van der Waals surface area contributed by atoms with Crippen LogP contribution in [0.25, 0.3) is 0 Å². The molecule has 1 aliphatic rings. The van der Waals surface area contributed by atoms with Gasteiger partial charge in [-0.2, -0.15) is 0 Å².